The SMILES string of the molecule is CCCN(CCO)C(=O)Cn1cnc2c(oc3ccccc32)c1=O. The third kappa shape index (κ3) is 2.90. The fourth-order valence-corrected chi connectivity index (χ4v) is 2.73. The van der Waals surface area contributed by atoms with E-state index in [1.165, 1.54) is 15.8 Å². The molecule has 7 heteroatoms. The highest BCUT2D eigenvalue weighted by Crippen LogP contribution is 2.23. The minimum atomic E-state index is -0.384. The number of furan rings is 1. The Hall–Kier alpha value is -2.67. The fraction of sp³-hybridized carbons (Fsp3) is 0.353. The van der Waals surface area contributed by atoms with Crippen LogP contribution in [0.1, 0.15) is 13.3 Å². The molecule has 0 aliphatic rings. The number of aliphatic hydroxyl groups is 1. The van der Waals surface area contributed by atoms with E-state index in [9.17, 15) is 9.59 Å². The van der Waals surface area contributed by atoms with Crippen molar-refractivity contribution in [1.82, 2.24) is 14.5 Å². The number of aromatic nitrogens is 2. The summed E-state index contributed by atoms with van der Waals surface area (Å²) in [6, 6.07) is 7.29. The van der Waals surface area contributed by atoms with Gasteiger partial charge in [0, 0.05) is 18.5 Å². The van der Waals surface area contributed by atoms with Crippen LogP contribution in [0.2, 0.25) is 0 Å². The van der Waals surface area contributed by atoms with Crippen molar-refractivity contribution in [2.24, 2.45) is 0 Å². The number of fused-ring (bicyclic) bond motifs is 3. The zero-order valence-corrected chi connectivity index (χ0v) is 13.4. The van der Waals surface area contributed by atoms with Gasteiger partial charge < -0.3 is 14.4 Å². The summed E-state index contributed by atoms with van der Waals surface area (Å²) in [5.41, 5.74) is 0.856. The van der Waals surface area contributed by atoms with Gasteiger partial charge in [-0.25, -0.2) is 4.98 Å². The largest absolute Gasteiger partial charge is 0.448 e. The van der Waals surface area contributed by atoms with Crippen LogP contribution in [0.4, 0.5) is 0 Å². The van der Waals surface area contributed by atoms with E-state index in [-0.39, 0.29) is 36.7 Å². The smallest absolute Gasteiger partial charge is 0.297 e. The van der Waals surface area contributed by atoms with E-state index in [1.54, 1.807) is 6.07 Å². The number of carbonyl (C=O) groups is 1. The summed E-state index contributed by atoms with van der Waals surface area (Å²) in [5, 5.41) is 9.84. The summed E-state index contributed by atoms with van der Waals surface area (Å²) in [7, 11) is 0. The molecule has 2 heterocycles. The molecule has 2 aromatic heterocycles. The summed E-state index contributed by atoms with van der Waals surface area (Å²) >= 11 is 0. The highest BCUT2D eigenvalue weighted by Gasteiger charge is 2.17. The van der Waals surface area contributed by atoms with Gasteiger partial charge in [-0.3, -0.25) is 14.2 Å². The van der Waals surface area contributed by atoms with E-state index in [0.29, 0.717) is 17.6 Å². The zero-order chi connectivity index (χ0) is 17.1. The minimum Gasteiger partial charge on any atom is -0.448 e. The number of para-hydroxylation sites is 1. The molecular formula is C17H19N3O4. The third-order valence-electron chi connectivity index (χ3n) is 3.87. The number of hydrogen-bond donors (Lipinski definition) is 1. The Kier molecular flexibility index (Phi) is 4.61. The summed E-state index contributed by atoms with van der Waals surface area (Å²) in [5.74, 6) is -0.231. The predicted molar refractivity (Wildman–Crippen MR) is 89.7 cm³/mol. The van der Waals surface area contributed by atoms with E-state index < -0.39 is 0 Å². The molecule has 0 saturated carbocycles. The lowest BCUT2D eigenvalue weighted by Crippen LogP contribution is -2.38. The quantitative estimate of drug-likeness (QED) is 0.738. The number of rotatable bonds is 6. The Balaban J connectivity index is 1.95. The zero-order valence-electron chi connectivity index (χ0n) is 13.4. The molecule has 3 rings (SSSR count). The Morgan fingerprint density at radius 3 is 2.88 bits per heavy atom. The average molecular weight is 329 g/mol. The maximum Gasteiger partial charge on any atom is 0.297 e. The van der Waals surface area contributed by atoms with Crippen molar-refractivity contribution in [3.63, 3.8) is 0 Å². The maximum absolute atomic E-state index is 12.6. The number of benzene rings is 1. The lowest BCUT2D eigenvalue weighted by molar-refractivity contribution is -0.132. The first-order valence-corrected chi connectivity index (χ1v) is 7.91. The molecule has 24 heavy (non-hydrogen) atoms. The van der Waals surface area contributed by atoms with Gasteiger partial charge in [-0.05, 0) is 18.6 Å². The van der Waals surface area contributed by atoms with Crippen molar-refractivity contribution >= 4 is 28.0 Å². The van der Waals surface area contributed by atoms with Crippen molar-refractivity contribution in [2.75, 3.05) is 19.7 Å². The molecule has 1 amide bonds. The summed E-state index contributed by atoms with van der Waals surface area (Å²) in [6.07, 6.45) is 2.15. The summed E-state index contributed by atoms with van der Waals surface area (Å²) in [6.45, 7) is 2.50. The molecule has 0 aliphatic heterocycles. The number of amides is 1. The number of nitrogens with zero attached hydrogens (tertiary/aromatic N) is 3. The first-order valence-electron chi connectivity index (χ1n) is 7.91. The molecule has 0 aliphatic carbocycles. The van der Waals surface area contributed by atoms with Crippen molar-refractivity contribution in [1.29, 1.82) is 0 Å². The fourth-order valence-electron chi connectivity index (χ4n) is 2.73. The predicted octanol–water partition coefficient (Wildman–Crippen LogP) is 1.37. The van der Waals surface area contributed by atoms with Crippen LogP contribution in [0, 0.1) is 0 Å². The highest BCUT2D eigenvalue weighted by atomic mass is 16.3. The normalized spacial score (nSPS) is 11.2. The third-order valence-corrected chi connectivity index (χ3v) is 3.87. The van der Waals surface area contributed by atoms with Crippen LogP contribution >= 0.6 is 0 Å². The lowest BCUT2D eigenvalue weighted by Gasteiger charge is -2.21. The van der Waals surface area contributed by atoms with Crippen LogP contribution in [0.15, 0.2) is 39.8 Å². The van der Waals surface area contributed by atoms with Crippen LogP contribution in [-0.2, 0) is 11.3 Å². The van der Waals surface area contributed by atoms with Crippen LogP contribution in [-0.4, -0.2) is 45.2 Å². The second-order valence-corrected chi connectivity index (χ2v) is 5.56. The van der Waals surface area contributed by atoms with E-state index in [4.69, 9.17) is 9.52 Å². The highest BCUT2D eigenvalue weighted by molar-refractivity contribution is 6.01. The Morgan fingerprint density at radius 2 is 2.12 bits per heavy atom. The number of carbonyl (C=O) groups excluding carboxylic acids is 1. The Morgan fingerprint density at radius 1 is 1.33 bits per heavy atom. The van der Waals surface area contributed by atoms with Crippen LogP contribution in [0.3, 0.4) is 0 Å². The first-order chi connectivity index (χ1) is 11.7. The van der Waals surface area contributed by atoms with Crippen LogP contribution in [0.5, 0.6) is 0 Å². The van der Waals surface area contributed by atoms with Crippen molar-refractivity contribution in [2.45, 2.75) is 19.9 Å². The molecule has 0 bridgehead atoms. The summed E-state index contributed by atoms with van der Waals surface area (Å²) in [4.78, 5) is 30.8. The van der Waals surface area contributed by atoms with Gasteiger partial charge in [-0.2, -0.15) is 0 Å². The summed E-state index contributed by atoms with van der Waals surface area (Å²) < 4.78 is 6.84. The lowest BCUT2D eigenvalue weighted by atomic mass is 10.2. The molecule has 3 aromatic rings. The molecule has 7 nitrogen and oxygen atoms in total. The first kappa shape index (κ1) is 16.2. The molecule has 0 spiro atoms. The van der Waals surface area contributed by atoms with E-state index in [2.05, 4.69) is 4.98 Å². The van der Waals surface area contributed by atoms with Gasteiger partial charge in [0.15, 0.2) is 0 Å². The van der Waals surface area contributed by atoms with E-state index >= 15 is 0 Å². The second kappa shape index (κ2) is 6.84. The van der Waals surface area contributed by atoms with Crippen LogP contribution < -0.4 is 5.56 Å². The van der Waals surface area contributed by atoms with Gasteiger partial charge in [0.1, 0.15) is 17.6 Å². The monoisotopic (exact) mass is 329 g/mol. The molecule has 0 radical (unpaired) electrons. The van der Waals surface area contributed by atoms with Crippen molar-refractivity contribution in [3.05, 3.63) is 40.9 Å². The van der Waals surface area contributed by atoms with E-state index in [0.717, 1.165) is 11.8 Å². The van der Waals surface area contributed by atoms with Gasteiger partial charge in [0.2, 0.25) is 11.5 Å². The molecule has 0 atom stereocenters. The minimum absolute atomic E-state index is 0.110. The molecule has 0 saturated heterocycles. The number of hydrogen-bond acceptors (Lipinski definition) is 5. The van der Waals surface area contributed by atoms with Gasteiger partial charge in [-0.1, -0.05) is 19.1 Å². The molecular weight excluding hydrogens is 310 g/mol. The second-order valence-electron chi connectivity index (χ2n) is 5.56. The number of aliphatic hydroxyl groups excluding tert-OH is 1. The van der Waals surface area contributed by atoms with Gasteiger partial charge in [-0.15, -0.1) is 0 Å². The van der Waals surface area contributed by atoms with Gasteiger partial charge in [0.25, 0.3) is 5.56 Å². The topological polar surface area (TPSA) is 88.6 Å². The van der Waals surface area contributed by atoms with Gasteiger partial charge in [0.05, 0.1) is 12.9 Å². The Bertz CT molecular complexity index is 922. The van der Waals surface area contributed by atoms with Gasteiger partial charge >= 0.3 is 0 Å². The Labute approximate surface area is 138 Å². The van der Waals surface area contributed by atoms with Crippen molar-refractivity contribution < 1.29 is 14.3 Å². The maximum atomic E-state index is 12.6. The standard InChI is InChI=1S/C17H19N3O4/c1-2-7-19(8-9-21)14(22)10-20-11-18-15-12-5-3-4-6-13(12)24-16(15)17(20)23/h3-6,11,21H,2,7-10H2,1H3. The van der Waals surface area contributed by atoms with Crippen LogP contribution in [0.25, 0.3) is 22.1 Å². The average Bonchev–Trinajstić information content (AvgIpc) is 2.96. The molecule has 0 fully saturated rings. The van der Waals surface area contributed by atoms with E-state index in [1.807, 2.05) is 25.1 Å². The molecule has 1 aromatic carbocycles. The molecule has 126 valence electrons. The molecule has 1 N–H and O–H groups in total. The molecule has 0 unspecified atom stereocenters. The van der Waals surface area contributed by atoms with Crippen molar-refractivity contribution in [3.8, 4) is 0 Å².